The molecule has 48 valence electrons. The molecular formula is C6H12O2. The number of aliphatic hydroxyl groups is 1. The second-order valence-corrected chi connectivity index (χ2v) is 2.77. The van der Waals surface area contributed by atoms with E-state index in [4.69, 9.17) is 4.74 Å². The summed E-state index contributed by atoms with van der Waals surface area (Å²) in [6.45, 7) is 5.00. The van der Waals surface area contributed by atoms with Crippen LogP contribution >= 0.6 is 0 Å². The molecule has 2 heteroatoms. The maximum atomic E-state index is 9.34. The third-order valence-electron chi connectivity index (χ3n) is 1.82. The molecule has 1 aliphatic rings. The summed E-state index contributed by atoms with van der Waals surface area (Å²) < 4.78 is 5.02. The first-order chi connectivity index (χ1) is 3.63. The van der Waals surface area contributed by atoms with Crippen molar-refractivity contribution in [2.75, 3.05) is 13.2 Å². The number of hydrogen-bond donors (Lipinski definition) is 1. The van der Waals surface area contributed by atoms with Crippen LogP contribution in [0, 0.1) is 5.92 Å². The van der Waals surface area contributed by atoms with Crippen molar-refractivity contribution in [3.8, 4) is 0 Å². The summed E-state index contributed by atoms with van der Waals surface area (Å²) in [4.78, 5) is 0. The van der Waals surface area contributed by atoms with Crippen LogP contribution in [0.5, 0.6) is 0 Å². The highest BCUT2D eigenvalue weighted by Crippen LogP contribution is 2.23. The van der Waals surface area contributed by atoms with Gasteiger partial charge in [-0.05, 0) is 6.92 Å². The van der Waals surface area contributed by atoms with Crippen molar-refractivity contribution in [1.29, 1.82) is 0 Å². The second kappa shape index (κ2) is 1.71. The Labute approximate surface area is 49.5 Å². The van der Waals surface area contributed by atoms with Gasteiger partial charge in [-0.3, -0.25) is 0 Å². The van der Waals surface area contributed by atoms with Crippen molar-refractivity contribution in [3.05, 3.63) is 0 Å². The van der Waals surface area contributed by atoms with Gasteiger partial charge in [0.15, 0.2) is 0 Å². The van der Waals surface area contributed by atoms with Gasteiger partial charge in [0, 0.05) is 5.92 Å². The number of hydrogen-bond acceptors (Lipinski definition) is 2. The zero-order valence-corrected chi connectivity index (χ0v) is 5.35. The van der Waals surface area contributed by atoms with Crippen molar-refractivity contribution in [2.45, 2.75) is 19.4 Å². The molecule has 1 aliphatic heterocycles. The lowest BCUT2D eigenvalue weighted by Crippen LogP contribution is -2.30. The monoisotopic (exact) mass is 116 g/mol. The molecule has 1 N–H and O–H groups in total. The summed E-state index contributed by atoms with van der Waals surface area (Å²) in [6.07, 6.45) is 0. The van der Waals surface area contributed by atoms with Gasteiger partial charge < -0.3 is 9.84 Å². The van der Waals surface area contributed by atoms with E-state index in [1.807, 2.05) is 13.8 Å². The molecule has 0 aromatic carbocycles. The Kier molecular flexibility index (Phi) is 1.29. The first kappa shape index (κ1) is 6.05. The molecule has 0 bridgehead atoms. The highest BCUT2D eigenvalue weighted by atomic mass is 16.5. The molecule has 0 aromatic rings. The SMILES string of the molecule is C[C@H]1COC[C@]1(C)O. The minimum Gasteiger partial charge on any atom is -0.387 e. The van der Waals surface area contributed by atoms with Crippen molar-refractivity contribution in [1.82, 2.24) is 0 Å². The Balaban J connectivity index is 2.54. The summed E-state index contributed by atoms with van der Waals surface area (Å²) in [5.41, 5.74) is -0.569. The first-order valence-electron chi connectivity index (χ1n) is 2.93. The van der Waals surface area contributed by atoms with Crippen LogP contribution in [0.1, 0.15) is 13.8 Å². The zero-order chi connectivity index (χ0) is 6.20. The van der Waals surface area contributed by atoms with Crippen LogP contribution in [-0.2, 0) is 4.74 Å². The molecule has 0 aliphatic carbocycles. The van der Waals surface area contributed by atoms with E-state index in [9.17, 15) is 5.11 Å². The highest BCUT2D eigenvalue weighted by molar-refractivity contribution is 4.83. The maximum Gasteiger partial charge on any atom is 0.0899 e. The van der Waals surface area contributed by atoms with E-state index < -0.39 is 5.60 Å². The van der Waals surface area contributed by atoms with Gasteiger partial charge in [0.25, 0.3) is 0 Å². The van der Waals surface area contributed by atoms with Crippen molar-refractivity contribution >= 4 is 0 Å². The molecule has 0 saturated carbocycles. The van der Waals surface area contributed by atoms with E-state index >= 15 is 0 Å². The first-order valence-corrected chi connectivity index (χ1v) is 2.93. The van der Waals surface area contributed by atoms with E-state index in [0.717, 1.165) is 0 Å². The van der Waals surface area contributed by atoms with E-state index in [1.54, 1.807) is 0 Å². The predicted octanol–water partition coefficient (Wildman–Crippen LogP) is 0.404. The van der Waals surface area contributed by atoms with Gasteiger partial charge >= 0.3 is 0 Å². The van der Waals surface area contributed by atoms with Gasteiger partial charge in [0.2, 0.25) is 0 Å². The summed E-state index contributed by atoms with van der Waals surface area (Å²) >= 11 is 0. The molecule has 2 atom stereocenters. The number of ether oxygens (including phenoxy) is 1. The van der Waals surface area contributed by atoms with Crippen molar-refractivity contribution in [2.24, 2.45) is 5.92 Å². The van der Waals surface area contributed by atoms with Crippen LogP contribution in [0.4, 0.5) is 0 Å². The smallest absolute Gasteiger partial charge is 0.0899 e. The van der Waals surface area contributed by atoms with E-state index in [1.165, 1.54) is 0 Å². The van der Waals surface area contributed by atoms with Crippen LogP contribution in [-0.4, -0.2) is 23.9 Å². The summed E-state index contributed by atoms with van der Waals surface area (Å²) in [5.74, 6) is 0.294. The van der Waals surface area contributed by atoms with Gasteiger partial charge in [-0.2, -0.15) is 0 Å². The molecular weight excluding hydrogens is 104 g/mol. The van der Waals surface area contributed by atoms with Crippen LogP contribution in [0.2, 0.25) is 0 Å². The topological polar surface area (TPSA) is 29.5 Å². The van der Waals surface area contributed by atoms with Crippen LogP contribution in [0.15, 0.2) is 0 Å². The predicted molar refractivity (Wildman–Crippen MR) is 30.6 cm³/mol. The molecule has 1 saturated heterocycles. The summed E-state index contributed by atoms with van der Waals surface area (Å²) in [7, 11) is 0. The minimum atomic E-state index is -0.569. The van der Waals surface area contributed by atoms with Crippen LogP contribution in [0.25, 0.3) is 0 Å². The Morgan fingerprint density at radius 2 is 2.38 bits per heavy atom. The fraction of sp³-hybridized carbons (Fsp3) is 1.00. The van der Waals surface area contributed by atoms with Gasteiger partial charge in [-0.1, -0.05) is 6.92 Å². The lowest BCUT2D eigenvalue weighted by atomic mass is 9.95. The normalized spacial score (nSPS) is 47.6. The van der Waals surface area contributed by atoms with Crippen molar-refractivity contribution < 1.29 is 9.84 Å². The summed E-state index contributed by atoms with van der Waals surface area (Å²) in [5, 5.41) is 9.34. The van der Waals surface area contributed by atoms with E-state index in [-0.39, 0.29) is 0 Å². The lowest BCUT2D eigenvalue weighted by Gasteiger charge is -2.18. The molecule has 8 heavy (non-hydrogen) atoms. The Bertz CT molecular complexity index is 88.5. The largest absolute Gasteiger partial charge is 0.387 e. The molecule has 1 heterocycles. The summed E-state index contributed by atoms with van der Waals surface area (Å²) in [6, 6.07) is 0. The van der Waals surface area contributed by atoms with Crippen LogP contribution in [0.3, 0.4) is 0 Å². The molecule has 2 nitrogen and oxygen atoms in total. The fourth-order valence-corrected chi connectivity index (χ4v) is 0.764. The standard InChI is InChI=1S/C6H12O2/c1-5-3-8-4-6(5,2)7/h5,7H,3-4H2,1-2H3/t5-,6-/m0/s1. The average molecular weight is 116 g/mol. The molecule has 0 radical (unpaired) electrons. The van der Waals surface area contributed by atoms with Crippen LogP contribution < -0.4 is 0 Å². The maximum absolute atomic E-state index is 9.34. The average Bonchev–Trinajstić information content (AvgIpc) is 1.86. The highest BCUT2D eigenvalue weighted by Gasteiger charge is 2.34. The van der Waals surface area contributed by atoms with Crippen molar-refractivity contribution in [3.63, 3.8) is 0 Å². The fourth-order valence-electron chi connectivity index (χ4n) is 0.764. The molecule has 1 rings (SSSR count). The minimum absolute atomic E-state index is 0.294. The number of rotatable bonds is 0. The molecule has 1 fully saturated rings. The Morgan fingerprint density at radius 3 is 2.50 bits per heavy atom. The van der Waals surface area contributed by atoms with Gasteiger partial charge in [-0.25, -0.2) is 0 Å². The Hall–Kier alpha value is -0.0800. The third-order valence-corrected chi connectivity index (χ3v) is 1.82. The van der Waals surface area contributed by atoms with Gasteiger partial charge in [-0.15, -0.1) is 0 Å². The molecule has 0 amide bonds. The van der Waals surface area contributed by atoms with E-state index in [2.05, 4.69) is 0 Å². The quantitative estimate of drug-likeness (QED) is 0.496. The van der Waals surface area contributed by atoms with Gasteiger partial charge in [0.05, 0.1) is 18.8 Å². The van der Waals surface area contributed by atoms with E-state index in [0.29, 0.717) is 19.1 Å². The molecule has 0 spiro atoms. The molecule has 0 unspecified atom stereocenters. The van der Waals surface area contributed by atoms with Gasteiger partial charge in [0.1, 0.15) is 0 Å². The third kappa shape index (κ3) is 0.858. The lowest BCUT2D eigenvalue weighted by molar-refractivity contribution is 0.0233. The zero-order valence-electron chi connectivity index (χ0n) is 5.35. The second-order valence-electron chi connectivity index (χ2n) is 2.77. The Morgan fingerprint density at radius 1 is 1.75 bits per heavy atom. The molecule has 0 aromatic heterocycles.